The SMILES string of the molecule is CN(CC(=O)Nc1ccccc1Cl)Cc1cc2c(cc1Br)OCO2. The fourth-order valence-electron chi connectivity index (χ4n) is 2.42. The maximum atomic E-state index is 12.2. The molecule has 24 heavy (non-hydrogen) atoms. The third-order valence-corrected chi connectivity index (χ3v) is 4.61. The van der Waals surface area contributed by atoms with Crippen LogP contribution in [0.5, 0.6) is 11.5 Å². The van der Waals surface area contributed by atoms with Crippen molar-refractivity contribution in [1.82, 2.24) is 4.90 Å². The maximum Gasteiger partial charge on any atom is 0.238 e. The summed E-state index contributed by atoms with van der Waals surface area (Å²) in [4.78, 5) is 14.1. The van der Waals surface area contributed by atoms with Crippen molar-refractivity contribution in [2.45, 2.75) is 6.54 Å². The van der Waals surface area contributed by atoms with E-state index in [0.717, 1.165) is 21.5 Å². The summed E-state index contributed by atoms with van der Waals surface area (Å²) in [6.07, 6.45) is 0. The molecule has 1 N–H and O–H groups in total. The molecule has 0 unspecified atom stereocenters. The van der Waals surface area contributed by atoms with Gasteiger partial charge >= 0.3 is 0 Å². The van der Waals surface area contributed by atoms with Gasteiger partial charge in [0.2, 0.25) is 12.7 Å². The smallest absolute Gasteiger partial charge is 0.238 e. The lowest BCUT2D eigenvalue weighted by Crippen LogP contribution is -2.30. The van der Waals surface area contributed by atoms with E-state index in [1.165, 1.54) is 0 Å². The van der Waals surface area contributed by atoms with Crippen molar-refractivity contribution in [3.63, 3.8) is 0 Å². The Morgan fingerprint density at radius 2 is 2.00 bits per heavy atom. The molecule has 2 aromatic carbocycles. The second-order valence-electron chi connectivity index (χ2n) is 5.50. The van der Waals surface area contributed by atoms with E-state index in [1.807, 2.05) is 36.2 Å². The van der Waals surface area contributed by atoms with Crippen LogP contribution in [0.15, 0.2) is 40.9 Å². The highest BCUT2D eigenvalue weighted by atomic mass is 79.9. The van der Waals surface area contributed by atoms with Gasteiger partial charge in [0, 0.05) is 11.0 Å². The number of para-hydroxylation sites is 1. The summed E-state index contributed by atoms with van der Waals surface area (Å²) in [5, 5.41) is 3.33. The zero-order chi connectivity index (χ0) is 17.1. The summed E-state index contributed by atoms with van der Waals surface area (Å²) in [7, 11) is 1.88. The Morgan fingerprint density at radius 3 is 2.75 bits per heavy atom. The zero-order valence-electron chi connectivity index (χ0n) is 13.0. The van der Waals surface area contributed by atoms with Crippen molar-refractivity contribution in [3.05, 3.63) is 51.5 Å². The van der Waals surface area contributed by atoms with Crippen molar-refractivity contribution in [1.29, 1.82) is 0 Å². The number of hydrogen-bond donors (Lipinski definition) is 1. The molecular formula is C17H16BrClN2O3. The minimum absolute atomic E-state index is 0.123. The van der Waals surface area contributed by atoms with E-state index in [2.05, 4.69) is 21.2 Å². The predicted molar refractivity (Wildman–Crippen MR) is 96.7 cm³/mol. The Hall–Kier alpha value is -1.76. The molecule has 2 aromatic rings. The summed E-state index contributed by atoms with van der Waals surface area (Å²) >= 11 is 9.58. The molecule has 1 amide bonds. The molecular weight excluding hydrogens is 396 g/mol. The Labute approximate surface area is 153 Å². The normalized spacial score (nSPS) is 12.5. The fraction of sp³-hybridized carbons (Fsp3) is 0.235. The molecule has 1 aliphatic rings. The van der Waals surface area contributed by atoms with Gasteiger partial charge in [-0.05, 0) is 36.9 Å². The minimum atomic E-state index is -0.123. The minimum Gasteiger partial charge on any atom is -0.454 e. The molecule has 0 aromatic heterocycles. The molecule has 5 nitrogen and oxygen atoms in total. The fourth-order valence-corrected chi connectivity index (χ4v) is 3.06. The standard InChI is InChI=1S/C17H16BrClN2O3/c1-21(9-17(22)20-14-5-3-2-4-13(14)19)8-11-6-15-16(7-12(11)18)24-10-23-15/h2-7H,8-10H2,1H3,(H,20,22). The molecule has 0 saturated heterocycles. The van der Waals surface area contributed by atoms with Crippen LogP contribution in [-0.2, 0) is 11.3 Å². The van der Waals surface area contributed by atoms with Crippen LogP contribution in [0, 0.1) is 0 Å². The monoisotopic (exact) mass is 410 g/mol. The van der Waals surface area contributed by atoms with Gasteiger partial charge in [-0.15, -0.1) is 0 Å². The van der Waals surface area contributed by atoms with Crippen LogP contribution < -0.4 is 14.8 Å². The van der Waals surface area contributed by atoms with Crippen LogP contribution in [0.3, 0.4) is 0 Å². The van der Waals surface area contributed by atoms with Crippen molar-refractivity contribution < 1.29 is 14.3 Å². The summed E-state index contributed by atoms with van der Waals surface area (Å²) < 4.78 is 11.7. The molecule has 1 heterocycles. The number of ether oxygens (including phenoxy) is 2. The van der Waals surface area contributed by atoms with Gasteiger partial charge in [0.1, 0.15) is 0 Å². The first-order valence-corrected chi connectivity index (χ1v) is 8.51. The molecule has 3 rings (SSSR count). The average Bonchev–Trinajstić information content (AvgIpc) is 2.97. The summed E-state index contributed by atoms with van der Waals surface area (Å²) in [6, 6.07) is 11.0. The number of nitrogens with one attached hydrogen (secondary N) is 1. The van der Waals surface area contributed by atoms with Gasteiger partial charge in [-0.3, -0.25) is 9.69 Å². The molecule has 126 valence electrons. The Balaban J connectivity index is 1.60. The first-order chi connectivity index (χ1) is 11.5. The van der Waals surface area contributed by atoms with Gasteiger partial charge in [0.25, 0.3) is 0 Å². The summed E-state index contributed by atoms with van der Waals surface area (Å²) in [6.45, 7) is 1.07. The summed E-state index contributed by atoms with van der Waals surface area (Å²) in [5.74, 6) is 1.33. The largest absolute Gasteiger partial charge is 0.454 e. The highest BCUT2D eigenvalue weighted by Gasteiger charge is 2.17. The summed E-state index contributed by atoms with van der Waals surface area (Å²) in [5.41, 5.74) is 1.63. The third kappa shape index (κ3) is 4.01. The van der Waals surface area contributed by atoms with E-state index < -0.39 is 0 Å². The predicted octanol–water partition coefficient (Wildman–Crippen LogP) is 3.90. The molecule has 1 aliphatic heterocycles. The number of hydrogen-bond acceptors (Lipinski definition) is 4. The van der Waals surface area contributed by atoms with Crippen LogP contribution in [0.2, 0.25) is 5.02 Å². The zero-order valence-corrected chi connectivity index (χ0v) is 15.4. The number of carbonyl (C=O) groups is 1. The lowest BCUT2D eigenvalue weighted by atomic mass is 10.2. The number of amides is 1. The Morgan fingerprint density at radius 1 is 1.29 bits per heavy atom. The Kier molecular flexibility index (Phi) is 5.28. The Bertz CT molecular complexity index is 769. The quantitative estimate of drug-likeness (QED) is 0.811. The van der Waals surface area contributed by atoms with Crippen LogP contribution in [0.4, 0.5) is 5.69 Å². The topological polar surface area (TPSA) is 50.8 Å². The second-order valence-corrected chi connectivity index (χ2v) is 6.76. The molecule has 0 spiro atoms. The van der Waals surface area contributed by atoms with Gasteiger partial charge in [0.15, 0.2) is 11.5 Å². The average molecular weight is 412 g/mol. The van der Waals surface area contributed by atoms with E-state index in [-0.39, 0.29) is 19.2 Å². The number of fused-ring (bicyclic) bond motifs is 1. The number of carbonyl (C=O) groups excluding carboxylic acids is 1. The molecule has 0 atom stereocenters. The highest BCUT2D eigenvalue weighted by molar-refractivity contribution is 9.10. The number of benzene rings is 2. The second kappa shape index (κ2) is 7.42. The van der Waals surface area contributed by atoms with Gasteiger partial charge in [-0.25, -0.2) is 0 Å². The van der Waals surface area contributed by atoms with Crippen molar-refractivity contribution in [2.24, 2.45) is 0 Å². The lowest BCUT2D eigenvalue weighted by Gasteiger charge is -2.18. The molecule has 0 radical (unpaired) electrons. The molecule has 0 fully saturated rings. The maximum absolute atomic E-state index is 12.2. The first-order valence-electron chi connectivity index (χ1n) is 7.34. The lowest BCUT2D eigenvalue weighted by molar-refractivity contribution is -0.117. The number of anilines is 1. The van der Waals surface area contributed by atoms with E-state index in [4.69, 9.17) is 21.1 Å². The van der Waals surface area contributed by atoms with Crippen LogP contribution in [0.25, 0.3) is 0 Å². The van der Waals surface area contributed by atoms with Crippen LogP contribution >= 0.6 is 27.5 Å². The van der Waals surface area contributed by atoms with E-state index in [1.54, 1.807) is 12.1 Å². The van der Waals surface area contributed by atoms with Gasteiger partial charge in [0.05, 0.1) is 17.3 Å². The van der Waals surface area contributed by atoms with Crippen LogP contribution in [0.1, 0.15) is 5.56 Å². The van der Waals surface area contributed by atoms with E-state index >= 15 is 0 Å². The first kappa shape index (κ1) is 17.1. The number of nitrogens with zero attached hydrogens (tertiary/aromatic N) is 1. The van der Waals surface area contributed by atoms with Gasteiger partial charge < -0.3 is 14.8 Å². The number of rotatable bonds is 5. The van der Waals surface area contributed by atoms with Crippen LogP contribution in [-0.4, -0.2) is 31.2 Å². The van der Waals surface area contributed by atoms with E-state index in [0.29, 0.717) is 17.3 Å². The van der Waals surface area contributed by atoms with Gasteiger partial charge in [-0.1, -0.05) is 39.7 Å². The van der Waals surface area contributed by atoms with E-state index in [9.17, 15) is 4.79 Å². The number of halogens is 2. The third-order valence-electron chi connectivity index (χ3n) is 3.54. The molecule has 0 bridgehead atoms. The molecule has 7 heteroatoms. The molecule has 0 saturated carbocycles. The highest BCUT2D eigenvalue weighted by Crippen LogP contribution is 2.37. The van der Waals surface area contributed by atoms with Gasteiger partial charge in [-0.2, -0.15) is 0 Å². The van der Waals surface area contributed by atoms with Crippen molar-refractivity contribution >= 4 is 39.1 Å². The molecule has 0 aliphatic carbocycles. The van der Waals surface area contributed by atoms with Crippen molar-refractivity contribution in [2.75, 3.05) is 25.7 Å². The number of likely N-dealkylation sites (N-methyl/N-ethyl adjacent to an activating group) is 1. The van der Waals surface area contributed by atoms with Crippen molar-refractivity contribution in [3.8, 4) is 11.5 Å².